The number of sulfonamides is 1. The molecule has 5 atom stereocenters. The molecule has 5 aliphatic rings. The SMILES string of the molecule is CN1CCCC/C=C\[C@@H]2C[C@@]2(C(=O)NS(=O)(=O)C2CC2)NC(=O)[C@@H]2C[C@@H](OC(=O)N3CCCc4ccccc43)C[C@H]2C1=O. The molecule has 6 rings (SSSR count). The normalized spacial score (nSPS) is 31.9. The number of nitrogens with one attached hydrogen (secondary N) is 2. The average Bonchev–Trinajstić information content (AvgIpc) is 3.91. The van der Waals surface area contributed by atoms with E-state index in [1.165, 1.54) is 0 Å². The molecule has 1 aromatic carbocycles. The van der Waals surface area contributed by atoms with E-state index in [2.05, 4.69) is 10.0 Å². The number of carbonyl (C=O) groups excluding carboxylic acids is 4. The lowest BCUT2D eigenvalue weighted by Gasteiger charge is -2.29. The number of nitrogens with zero attached hydrogens (tertiary/aromatic N) is 2. The van der Waals surface area contributed by atoms with Gasteiger partial charge in [0.05, 0.1) is 22.8 Å². The van der Waals surface area contributed by atoms with E-state index in [9.17, 15) is 27.6 Å². The van der Waals surface area contributed by atoms with Crippen molar-refractivity contribution in [2.75, 3.05) is 25.0 Å². The van der Waals surface area contributed by atoms with Gasteiger partial charge in [-0.1, -0.05) is 30.4 Å². The second-order valence-corrected chi connectivity index (χ2v) is 14.7. The molecule has 2 aliphatic heterocycles. The van der Waals surface area contributed by atoms with E-state index in [1.54, 1.807) is 16.8 Å². The van der Waals surface area contributed by atoms with E-state index in [-0.39, 0.29) is 31.1 Å². The molecule has 2 heterocycles. The van der Waals surface area contributed by atoms with Gasteiger partial charge in [-0.25, -0.2) is 13.2 Å². The van der Waals surface area contributed by atoms with Crippen molar-refractivity contribution in [3.8, 4) is 0 Å². The molecule has 0 aromatic heterocycles. The highest BCUT2D eigenvalue weighted by Crippen LogP contribution is 2.47. The van der Waals surface area contributed by atoms with Gasteiger partial charge in [-0.05, 0) is 75.8 Å². The molecule has 12 heteroatoms. The lowest BCUT2D eigenvalue weighted by molar-refractivity contribution is -0.140. The second-order valence-electron chi connectivity index (χ2n) is 12.7. The maximum absolute atomic E-state index is 13.9. The van der Waals surface area contributed by atoms with E-state index in [0.717, 1.165) is 43.4 Å². The van der Waals surface area contributed by atoms with Crippen LogP contribution in [0.5, 0.6) is 0 Å². The third-order valence-corrected chi connectivity index (χ3v) is 11.4. The Morgan fingerprint density at radius 1 is 1.05 bits per heavy atom. The molecule has 0 saturated heterocycles. The van der Waals surface area contributed by atoms with Gasteiger partial charge >= 0.3 is 6.09 Å². The van der Waals surface area contributed by atoms with Crippen molar-refractivity contribution in [2.24, 2.45) is 17.8 Å². The number of hydrogen-bond donors (Lipinski definition) is 2. The van der Waals surface area contributed by atoms with Crippen LogP contribution < -0.4 is 14.9 Å². The first-order valence-corrected chi connectivity index (χ1v) is 17.0. The summed E-state index contributed by atoms with van der Waals surface area (Å²) in [5.41, 5.74) is 0.485. The van der Waals surface area contributed by atoms with Gasteiger partial charge in [0.2, 0.25) is 21.8 Å². The molecule has 3 fully saturated rings. The number of fused-ring (bicyclic) bond motifs is 3. The van der Waals surface area contributed by atoms with Crippen LogP contribution in [0.1, 0.15) is 63.4 Å². The largest absolute Gasteiger partial charge is 0.446 e. The Bertz CT molecular complexity index is 1440. The second kappa shape index (κ2) is 11.6. The van der Waals surface area contributed by atoms with Crippen molar-refractivity contribution in [3.63, 3.8) is 0 Å². The van der Waals surface area contributed by atoms with Crippen LogP contribution in [-0.2, 0) is 35.6 Å². The molecule has 0 unspecified atom stereocenters. The van der Waals surface area contributed by atoms with Gasteiger partial charge in [0.15, 0.2) is 0 Å². The summed E-state index contributed by atoms with van der Waals surface area (Å²) in [5, 5.41) is 2.29. The third kappa shape index (κ3) is 6.03. The highest BCUT2D eigenvalue weighted by atomic mass is 32.2. The first kappa shape index (κ1) is 29.7. The lowest BCUT2D eigenvalue weighted by atomic mass is 9.93. The molecule has 0 spiro atoms. The minimum absolute atomic E-state index is 0.135. The van der Waals surface area contributed by atoms with Gasteiger partial charge in [-0.2, -0.15) is 0 Å². The maximum atomic E-state index is 13.9. The number of para-hydroxylation sites is 1. The van der Waals surface area contributed by atoms with E-state index in [4.69, 9.17) is 4.74 Å². The molecule has 1 aromatic rings. The van der Waals surface area contributed by atoms with Gasteiger partial charge < -0.3 is 15.0 Å². The van der Waals surface area contributed by atoms with E-state index in [1.807, 2.05) is 36.4 Å². The molecule has 4 amide bonds. The summed E-state index contributed by atoms with van der Waals surface area (Å²) in [6, 6.07) is 7.71. The van der Waals surface area contributed by atoms with Gasteiger partial charge in [0, 0.05) is 26.1 Å². The number of amides is 4. The van der Waals surface area contributed by atoms with Gasteiger partial charge in [-0.3, -0.25) is 24.0 Å². The molecule has 2 N–H and O–H groups in total. The molecule has 0 radical (unpaired) electrons. The number of allylic oxidation sites excluding steroid dienone is 1. The average molecular weight is 613 g/mol. The summed E-state index contributed by atoms with van der Waals surface area (Å²) in [4.78, 5) is 57.5. The summed E-state index contributed by atoms with van der Waals surface area (Å²) in [6.07, 6.45) is 8.35. The van der Waals surface area contributed by atoms with Crippen LogP contribution in [0, 0.1) is 17.8 Å². The summed E-state index contributed by atoms with van der Waals surface area (Å²) in [6.45, 7) is 1.06. The van der Waals surface area contributed by atoms with Crippen LogP contribution in [0.2, 0.25) is 0 Å². The molecule has 11 nitrogen and oxygen atoms in total. The molecular formula is C31H40N4O7S. The maximum Gasteiger partial charge on any atom is 0.414 e. The monoisotopic (exact) mass is 612 g/mol. The van der Waals surface area contributed by atoms with Crippen molar-refractivity contribution in [1.29, 1.82) is 0 Å². The molecule has 232 valence electrons. The quantitative estimate of drug-likeness (QED) is 0.498. The highest BCUT2D eigenvalue weighted by Gasteiger charge is 2.62. The van der Waals surface area contributed by atoms with Crippen LogP contribution in [-0.4, -0.2) is 74.2 Å². The number of ether oxygens (including phenoxy) is 1. The minimum Gasteiger partial charge on any atom is -0.446 e. The molecule has 3 saturated carbocycles. The number of benzene rings is 1. The zero-order valence-electron chi connectivity index (χ0n) is 24.5. The van der Waals surface area contributed by atoms with Gasteiger partial charge in [0.25, 0.3) is 5.91 Å². The topological polar surface area (TPSA) is 142 Å². The minimum atomic E-state index is -3.81. The van der Waals surface area contributed by atoms with Crippen LogP contribution in [0.15, 0.2) is 36.4 Å². The zero-order chi connectivity index (χ0) is 30.4. The van der Waals surface area contributed by atoms with E-state index in [0.29, 0.717) is 25.9 Å². The zero-order valence-corrected chi connectivity index (χ0v) is 25.3. The standard InChI is InChI=1S/C31H40N4O7S/c1-34-15-7-3-2-4-11-21-19-31(21,29(38)33-43(40,41)23-13-14-23)32-27(36)24-17-22(18-25(24)28(34)37)42-30(39)35-16-8-10-20-9-5-6-12-26(20)35/h4-6,9,11-12,21-25H,2-3,7-8,10,13-19H2,1H3,(H,32,36)(H,33,38)/b11-4-/t21-,22-,24-,25-,31-/m1/s1. The van der Waals surface area contributed by atoms with Crippen LogP contribution >= 0.6 is 0 Å². The molecule has 43 heavy (non-hydrogen) atoms. The van der Waals surface area contributed by atoms with Gasteiger partial charge in [-0.15, -0.1) is 0 Å². The smallest absolute Gasteiger partial charge is 0.414 e. The number of anilines is 1. The predicted octanol–water partition coefficient (Wildman–Crippen LogP) is 2.65. The molecular weight excluding hydrogens is 572 g/mol. The number of hydrogen-bond acceptors (Lipinski definition) is 7. The van der Waals surface area contributed by atoms with Crippen molar-refractivity contribution in [2.45, 2.75) is 81.1 Å². The summed E-state index contributed by atoms with van der Waals surface area (Å²) in [5.74, 6) is -3.35. The summed E-state index contributed by atoms with van der Waals surface area (Å²) in [7, 11) is -2.09. The van der Waals surface area contributed by atoms with Crippen LogP contribution in [0.3, 0.4) is 0 Å². The first-order chi connectivity index (χ1) is 20.6. The third-order valence-electron chi connectivity index (χ3n) is 9.59. The highest BCUT2D eigenvalue weighted by molar-refractivity contribution is 7.91. The fraction of sp³-hybridized carbons (Fsp3) is 0.613. The van der Waals surface area contributed by atoms with Crippen LogP contribution in [0.4, 0.5) is 10.5 Å². The van der Waals surface area contributed by atoms with Crippen molar-refractivity contribution >= 4 is 39.5 Å². The van der Waals surface area contributed by atoms with E-state index >= 15 is 0 Å². The van der Waals surface area contributed by atoms with Crippen molar-refractivity contribution in [3.05, 3.63) is 42.0 Å². The Balaban J connectivity index is 1.22. The Labute approximate surface area is 252 Å². The Kier molecular flexibility index (Phi) is 7.99. The first-order valence-electron chi connectivity index (χ1n) is 15.4. The van der Waals surface area contributed by atoms with Gasteiger partial charge in [0.1, 0.15) is 11.6 Å². The molecule has 0 bridgehead atoms. The lowest BCUT2D eigenvalue weighted by Crippen LogP contribution is -2.54. The predicted molar refractivity (Wildman–Crippen MR) is 158 cm³/mol. The van der Waals surface area contributed by atoms with Crippen molar-refractivity contribution in [1.82, 2.24) is 14.9 Å². The van der Waals surface area contributed by atoms with Crippen molar-refractivity contribution < 1.29 is 32.3 Å². The number of aryl methyl sites for hydroxylation is 1. The Morgan fingerprint density at radius 2 is 1.81 bits per heavy atom. The van der Waals surface area contributed by atoms with E-state index < -0.39 is 56.7 Å². The fourth-order valence-electron chi connectivity index (χ4n) is 6.82. The number of carbonyl (C=O) groups is 4. The Hall–Kier alpha value is -3.41. The fourth-order valence-corrected chi connectivity index (χ4v) is 8.18. The Morgan fingerprint density at radius 3 is 2.60 bits per heavy atom. The number of rotatable bonds is 4. The summed E-state index contributed by atoms with van der Waals surface area (Å²) < 4.78 is 33.4. The van der Waals surface area contributed by atoms with Crippen LogP contribution in [0.25, 0.3) is 0 Å². The molecule has 3 aliphatic carbocycles. The summed E-state index contributed by atoms with van der Waals surface area (Å²) >= 11 is 0.